The predicted molar refractivity (Wildman–Crippen MR) is 362 cm³/mol. The summed E-state index contributed by atoms with van der Waals surface area (Å²) < 4.78 is 0. The fraction of sp³-hybridized carbons (Fsp3) is 0.789. The van der Waals surface area contributed by atoms with Crippen LogP contribution in [0.1, 0.15) is 188 Å². The van der Waals surface area contributed by atoms with Gasteiger partial charge in [0.2, 0.25) is 41.4 Å². The van der Waals surface area contributed by atoms with Crippen LogP contribution in [-0.2, 0) is 54.5 Å². The largest absolute Gasteiger partial charge is 0.391 e. The lowest BCUT2D eigenvalue weighted by Gasteiger charge is -2.45. The van der Waals surface area contributed by atoms with Gasteiger partial charge in [-0.25, -0.2) is 0 Å². The summed E-state index contributed by atoms with van der Waals surface area (Å²) in [4.78, 5) is 165. The molecule has 21 nitrogen and oxygen atoms in total. The lowest BCUT2D eigenvalue weighted by atomic mass is 9.84. The number of likely N-dealkylation sites (N-methyl/N-ethyl adjacent to an activating group) is 6. The molecule has 0 aliphatic carbocycles. The molecule has 13 atom stereocenters. The topological polar surface area (TPSA) is 242 Å². The summed E-state index contributed by atoms with van der Waals surface area (Å²) in [6, 6.07) is -1.34. The van der Waals surface area contributed by atoms with Crippen LogP contribution in [0.2, 0.25) is 0 Å². The molecule has 1 aliphatic rings. The highest BCUT2D eigenvalue weighted by Gasteiger charge is 2.45. The number of carbonyl (C=O) groups is 10. The molecule has 1 saturated heterocycles. The zero-order chi connectivity index (χ0) is 70.7. The van der Waals surface area contributed by atoms with Gasteiger partial charge in [-0.2, -0.15) is 0 Å². The van der Waals surface area contributed by atoms with Crippen LogP contribution in [0.3, 0.4) is 0 Å². The number of hydrogen-bond acceptors (Lipinski definition) is 14. The van der Waals surface area contributed by atoms with Gasteiger partial charge in [-0.05, 0) is 127 Å². The lowest BCUT2D eigenvalue weighted by Crippen LogP contribution is -2.61. The smallest absolute Gasteiger partial charge is 0.245 e. The van der Waals surface area contributed by atoms with Crippen LogP contribution >= 0.6 is 0 Å². The van der Waals surface area contributed by atoms with Crippen molar-refractivity contribution >= 4 is 58.7 Å². The second-order valence-corrected chi connectivity index (χ2v) is 29.5. The van der Waals surface area contributed by atoms with Gasteiger partial charge >= 0.3 is 0 Å². The average molecular weight is 1290 g/mol. The van der Waals surface area contributed by atoms with Crippen LogP contribution < -0.4 is 5.32 Å². The molecule has 2 heterocycles. The van der Waals surface area contributed by atoms with Gasteiger partial charge < -0.3 is 44.7 Å². The number of pyridine rings is 1. The highest BCUT2D eigenvalue weighted by molar-refractivity contribution is 5.98. The van der Waals surface area contributed by atoms with E-state index in [1.807, 2.05) is 115 Å². The maximum atomic E-state index is 15.4. The van der Waals surface area contributed by atoms with Crippen molar-refractivity contribution in [3.63, 3.8) is 0 Å². The number of nitrogens with one attached hydrogen (secondary N) is 1. The summed E-state index contributed by atoms with van der Waals surface area (Å²) in [5.74, 6) is -8.57. The Hall–Kier alpha value is -5.67. The molecule has 2 N–H and O–H groups in total. The maximum Gasteiger partial charge on any atom is 0.245 e. The third-order valence-corrected chi connectivity index (χ3v) is 19.0. The van der Waals surface area contributed by atoms with Gasteiger partial charge in [-0.15, -0.1) is 0 Å². The van der Waals surface area contributed by atoms with E-state index in [2.05, 4.69) is 15.2 Å². The Morgan fingerprint density at radius 1 is 0.565 bits per heavy atom. The van der Waals surface area contributed by atoms with Crippen molar-refractivity contribution < 1.29 is 53.1 Å². The summed E-state index contributed by atoms with van der Waals surface area (Å²) >= 11 is 0. The Balaban J connectivity index is 2.97. The number of hydrogen-bond donors (Lipinski definition) is 2. The van der Waals surface area contributed by atoms with Gasteiger partial charge in [0.15, 0.2) is 17.3 Å². The Kier molecular flexibility index (Phi) is 34.1. The molecule has 0 bridgehead atoms. The number of Topliss-reactive ketones (excluding diaryl/α,β-unsaturated/α-hetero) is 3. The number of aromatic nitrogens is 1. The minimum absolute atomic E-state index is 0.0200. The number of amides is 7. The van der Waals surface area contributed by atoms with E-state index in [4.69, 9.17) is 0 Å². The van der Waals surface area contributed by atoms with Gasteiger partial charge in [0.25, 0.3) is 0 Å². The molecule has 92 heavy (non-hydrogen) atoms. The zero-order valence-corrected chi connectivity index (χ0v) is 61.3. The fourth-order valence-electron chi connectivity index (χ4n) is 13.0. The summed E-state index contributed by atoms with van der Waals surface area (Å²) in [5, 5.41) is 15.5. The third-order valence-electron chi connectivity index (χ3n) is 19.0. The fourth-order valence-corrected chi connectivity index (χ4v) is 13.0. The quantitative estimate of drug-likeness (QED) is 0.143. The van der Waals surface area contributed by atoms with Crippen LogP contribution in [0, 0.1) is 59.2 Å². The van der Waals surface area contributed by atoms with E-state index in [-0.39, 0.29) is 104 Å². The SMILES string of the molecule is CC[C@H]1CC(=O)[C@@H]([C@H](O)[C@H](C)CCN(C)Cc2ccccn2)N(C)[C@@H](C(C)C)N(C)C(=O)C[C@@H](CC(C)C)N(C)C(=O)[C@@H](CC(C)C)N(C)C(=O)[C@H](C)NC(=O)[C@@H](C)CC(=O)[C@@H](CC(C)C)N(C)C(=O)[C@@H](C(C)C)CC(=O)[C@H](CC(C)C)N(C)C(=O)[C@@H](C)N(C)C1=O. The number of aliphatic hydroxyl groups is 1. The lowest BCUT2D eigenvalue weighted by molar-refractivity contribution is -0.152. The summed E-state index contributed by atoms with van der Waals surface area (Å²) in [6.45, 7) is 32.5. The van der Waals surface area contributed by atoms with Gasteiger partial charge in [0.1, 0.15) is 18.1 Å². The summed E-state index contributed by atoms with van der Waals surface area (Å²) in [7, 11) is 13.1. The normalized spacial score (nSPS) is 26.9. The molecule has 2 rings (SSSR count). The first kappa shape index (κ1) is 82.4. The first-order valence-corrected chi connectivity index (χ1v) is 34.1. The second-order valence-electron chi connectivity index (χ2n) is 29.5. The molecular weight excluding hydrogens is 1170 g/mol. The van der Waals surface area contributed by atoms with Gasteiger partial charge in [-0.3, -0.25) is 57.8 Å². The molecule has 1 aliphatic heterocycles. The maximum absolute atomic E-state index is 15.4. The van der Waals surface area contributed by atoms with E-state index in [0.29, 0.717) is 25.9 Å². The van der Waals surface area contributed by atoms with Gasteiger partial charge in [0.05, 0.1) is 36.1 Å². The van der Waals surface area contributed by atoms with Crippen LogP contribution in [0.15, 0.2) is 24.4 Å². The van der Waals surface area contributed by atoms with Crippen LogP contribution in [-0.4, -0.2) is 225 Å². The van der Waals surface area contributed by atoms with Gasteiger partial charge in [-0.1, -0.05) is 110 Å². The molecule has 0 spiro atoms. The molecule has 1 fully saturated rings. The number of nitrogens with zero attached hydrogens (tertiary/aromatic N) is 9. The summed E-state index contributed by atoms with van der Waals surface area (Å²) in [5.41, 5.74) is 0.874. The third kappa shape index (κ3) is 23.7. The predicted octanol–water partition coefficient (Wildman–Crippen LogP) is 7.70. The molecule has 0 aromatic carbocycles. The van der Waals surface area contributed by atoms with Crippen LogP contribution in [0.4, 0.5) is 0 Å². The van der Waals surface area contributed by atoms with E-state index < -0.39 is 119 Å². The van der Waals surface area contributed by atoms with Crippen LogP contribution in [0.5, 0.6) is 0 Å². The first-order valence-electron chi connectivity index (χ1n) is 34.1. The van der Waals surface area contributed by atoms with Crippen LogP contribution in [0.25, 0.3) is 0 Å². The first-order chi connectivity index (χ1) is 42.6. The van der Waals surface area contributed by atoms with Crippen molar-refractivity contribution in [1.82, 2.24) is 49.5 Å². The zero-order valence-electron chi connectivity index (χ0n) is 61.3. The van der Waals surface area contributed by atoms with E-state index >= 15 is 14.4 Å². The number of aliphatic hydroxyl groups excluding tert-OH is 1. The Morgan fingerprint density at radius 3 is 1.57 bits per heavy atom. The standard InChI is InChI=1S/C71H124N10O11/c1-26-52-38-61(84)63(64(86)48(14)30-32-74(18)41-53-29-27-28-31-72-53)81(25)66(47(12)13)80(24)62(85)39-54(33-42(2)3)76(20)71(92)58(36-45(8)9)79(23)67(88)50(16)73-65(87)49(15)37-59(82)56(34-43(4)5)78(22)70(91)55(46(10)11)40-60(83)57(35-44(6)7)77(21)68(89)51(17)75(19)69(52)90/h27-29,31,42-52,54-58,63-64,66,86H,26,30,32-41H2,1-25H3,(H,73,87)/t48-,49+,50+,51-,52+,54-,55-,56-,57+,58-,63+,64-,66+/m1/s1. The molecule has 7 amide bonds. The Bertz CT molecular complexity index is 2580. The van der Waals surface area contributed by atoms with Gasteiger partial charge in [0, 0.05) is 105 Å². The molecule has 0 saturated carbocycles. The molecule has 21 heteroatoms. The Labute approximate surface area is 554 Å². The van der Waals surface area contributed by atoms with E-state index in [9.17, 15) is 38.7 Å². The molecule has 0 radical (unpaired) electrons. The number of rotatable bonds is 18. The monoisotopic (exact) mass is 1290 g/mol. The minimum Gasteiger partial charge on any atom is -0.391 e. The second kappa shape index (κ2) is 38.0. The van der Waals surface area contributed by atoms with Crippen molar-refractivity contribution in [1.29, 1.82) is 0 Å². The highest BCUT2D eigenvalue weighted by atomic mass is 16.3. The van der Waals surface area contributed by atoms with E-state index in [1.54, 1.807) is 69.9 Å². The van der Waals surface area contributed by atoms with Crippen molar-refractivity contribution in [2.24, 2.45) is 59.2 Å². The van der Waals surface area contributed by atoms with E-state index in [0.717, 1.165) is 5.69 Å². The average Bonchev–Trinajstić information content (AvgIpc) is 1.10. The number of ketones is 3. The molecule has 524 valence electrons. The Morgan fingerprint density at radius 2 is 1.08 bits per heavy atom. The highest BCUT2D eigenvalue weighted by Crippen LogP contribution is 2.31. The van der Waals surface area contributed by atoms with E-state index in [1.165, 1.54) is 47.7 Å². The molecular formula is C71H124N10O11. The minimum atomic E-state index is -1.29. The van der Waals surface area contributed by atoms with Crippen molar-refractivity contribution in [2.75, 3.05) is 62.9 Å². The summed E-state index contributed by atoms with van der Waals surface area (Å²) in [6.07, 6.45) is 0.600. The number of carbonyl (C=O) groups excluding carboxylic acids is 10. The van der Waals surface area contributed by atoms with Crippen molar-refractivity contribution in [2.45, 2.75) is 243 Å². The van der Waals surface area contributed by atoms with Crippen molar-refractivity contribution in [3.05, 3.63) is 30.1 Å². The molecule has 0 unspecified atom stereocenters. The van der Waals surface area contributed by atoms with Crippen molar-refractivity contribution in [3.8, 4) is 0 Å². The molecule has 1 aromatic rings. The molecule has 1 aromatic heterocycles.